The van der Waals surface area contributed by atoms with Crippen LogP contribution in [0.2, 0.25) is 0 Å². The van der Waals surface area contributed by atoms with Crippen molar-refractivity contribution in [3.8, 4) is 0 Å². The van der Waals surface area contributed by atoms with Crippen LogP contribution in [-0.4, -0.2) is 9.13 Å². The lowest BCUT2D eigenvalue weighted by Crippen LogP contribution is -2.31. The van der Waals surface area contributed by atoms with Gasteiger partial charge in [0.2, 0.25) is 0 Å². The largest absolute Gasteiger partial charge is 0.335 e. The van der Waals surface area contributed by atoms with Crippen molar-refractivity contribution < 1.29 is 0 Å². The van der Waals surface area contributed by atoms with Crippen LogP contribution < -0.4 is 19.6 Å². The number of hydrogen-bond donors (Lipinski definition) is 0. The fraction of sp³-hybridized carbons (Fsp3) is 0.0526. The van der Waals surface area contributed by atoms with Crippen molar-refractivity contribution in [1.82, 2.24) is 9.13 Å². The highest BCUT2D eigenvalue weighted by atomic mass is 15.2. The maximum absolute atomic E-state index is 2.69. The minimum atomic E-state index is 0.156. The van der Waals surface area contributed by atoms with Gasteiger partial charge >= 0.3 is 0 Å². The van der Waals surface area contributed by atoms with Crippen molar-refractivity contribution in [1.29, 1.82) is 0 Å². The van der Waals surface area contributed by atoms with Crippen molar-refractivity contribution in [3.05, 3.63) is 315 Å². The van der Waals surface area contributed by atoms with Crippen LogP contribution in [0.4, 0.5) is 68.2 Å². The molecule has 1 aliphatic carbocycles. The van der Waals surface area contributed by atoms with E-state index in [0.29, 0.717) is 0 Å². The highest BCUT2D eigenvalue weighted by Gasteiger charge is 2.38. The number of aromatic nitrogens is 2. The van der Waals surface area contributed by atoms with E-state index in [9.17, 15) is 0 Å². The lowest BCUT2D eigenvalue weighted by molar-refractivity contribution is 0.205. The van der Waals surface area contributed by atoms with E-state index < -0.39 is 0 Å². The van der Waals surface area contributed by atoms with Crippen LogP contribution in [0.1, 0.15) is 24.9 Å². The molecule has 2 heterocycles. The maximum Gasteiger partial charge on any atom is 0.0551 e. The number of benzene rings is 12. The Balaban J connectivity index is 0.940. The molecule has 14 aromatic rings. The van der Waals surface area contributed by atoms with Crippen LogP contribution in [-0.2, 0) is 0 Å². The first-order valence-electron chi connectivity index (χ1n) is 28.5. The summed E-state index contributed by atoms with van der Waals surface area (Å²) >= 11 is 0. The van der Waals surface area contributed by atoms with Gasteiger partial charge in [-0.3, -0.25) is 0 Å². The van der Waals surface area contributed by atoms with Gasteiger partial charge in [-0.2, -0.15) is 0 Å². The molecular formula is C76H58N6. The second-order valence-corrected chi connectivity index (χ2v) is 21.3. The van der Waals surface area contributed by atoms with Gasteiger partial charge in [-0.1, -0.05) is 146 Å². The summed E-state index contributed by atoms with van der Waals surface area (Å²) in [5.74, 6) is 0. The minimum Gasteiger partial charge on any atom is -0.335 e. The molecule has 0 N–H and O–H groups in total. The van der Waals surface area contributed by atoms with Gasteiger partial charge in [-0.15, -0.1) is 0 Å². The van der Waals surface area contributed by atoms with E-state index in [2.05, 4.69) is 344 Å². The van der Waals surface area contributed by atoms with Gasteiger partial charge in [0, 0.05) is 112 Å². The van der Waals surface area contributed by atoms with Gasteiger partial charge in [-0.05, 0) is 183 Å². The second kappa shape index (κ2) is 20.9. The molecule has 392 valence electrons. The molecule has 2 atom stereocenters. The number of rotatable bonds is 14. The Kier molecular flexibility index (Phi) is 12.4. The first kappa shape index (κ1) is 48.6. The third-order valence-electron chi connectivity index (χ3n) is 16.6. The molecule has 0 amide bonds. The Hall–Kier alpha value is -10.6. The number of fused-ring (bicyclic) bond motifs is 6. The Morgan fingerprint density at radius 2 is 0.366 bits per heavy atom. The molecule has 0 bridgehead atoms. The summed E-state index contributed by atoms with van der Waals surface area (Å²) in [6.45, 7) is 0. The SMILES string of the molecule is c1ccc(N(c2ccccc2)c2ccc3c(c2)c2cc(N(c4ccccc4)c4ccccc4)ccc2n3C2CCC2n2c3ccc(N(c4ccccc4)c4ccccc4)cc3c3cc(N(c4ccccc4)c4ccccc4)ccc32)cc1. The van der Waals surface area contributed by atoms with E-state index >= 15 is 0 Å². The summed E-state index contributed by atoms with van der Waals surface area (Å²) in [6.07, 6.45) is 2.08. The highest BCUT2D eigenvalue weighted by molar-refractivity contribution is 6.13. The molecule has 2 unspecified atom stereocenters. The molecule has 15 rings (SSSR count). The topological polar surface area (TPSA) is 22.8 Å². The first-order valence-corrected chi connectivity index (χ1v) is 28.5. The number of para-hydroxylation sites is 8. The molecule has 2 aromatic heterocycles. The summed E-state index contributed by atoms with van der Waals surface area (Å²) in [6, 6.07) is 115. The van der Waals surface area contributed by atoms with Crippen LogP contribution in [0.5, 0.6) is 0 Å². The van der Waals surface area contributed by atoms with Gasteiger partial charge in [0.25, 0.3) is 0 Å². The Morgan fingerprint density at radius 1 is 0.195 bits per heavy atom. The average molecular weight is 1060 g/mol. The summed E-state index contributed by atoms with van der Waals surface area (Å²) in [5, 5.41) is 4.88. The molecule has 1 fully saturated rings. The van der Waals surface area contributed by atoms with Gasteiger partial charge in [0.05, 0.1) is 12.1 Å². The van der Waals surface area contributed by atoms with Crippen molar-refractivity contribution in [2.75, 3.05) is 19.6 Å². The van der Waals surface area contributed by atoms with E-state index in [0.717, 1.165) is 81.1 Å². The Bertz CT molecular complexity index is 3780. The van der Waals surface area contributed by atoms with E-state index in [1.54, 1.807) is 0 Å². The van der Waals surface area contributed by atoms with Crippen LogP contribution in [0.25, 0.3) is 43.6 Å². The predicted molar refractivity (Wildman–Crippen MR) is 345 cm³/mol. The molecule has 6 nitrogen and oxygen atoms in total. The fourth-order valence-corrected chi connectivity index (χ4v) is 12.8. The number of nitrogens with zero attached hydrogens (tertiary/aromatic N) is 6. The number of hydrogen-bond acceptors (Lipinski definition) is 4. The van der Waals surface area contributed by atoms with Gasteiger partial charge < -0.3 is 28.7 Å². The van der Waals surface area contributed by atoms with E-state index in [1.165, 1.54) is 43.6 Å². The van der Waals surface area contributed by atoms with E-state index in [4.69, 9.17) is 0 Å². The molecule has 1 saturated carbocycles. The molecule has 6 heteroatoms. The Labute approximate surface area is 478 Å². The first-order chi connectivity index (χ1) is 40.7. The van der Waals surface area contributed by atoms with Crippen molar-refractivity contribution in [2.24, 2.45) is 0 Å². The summed E-state index contributed by atoms with van der Waals surface area (Å²) in [5.41, 5.74) is 18.2. The number of anilines is 12. The minimum absolute atomic E-state index is 0.156. The highest BCUT2D eigenvalue weighted by Crippen LogP contribution is 2.53. The second-order valence-electron chi connectivity index (χ2n) is 21.3. The van der Waals surface area contributed by atoms with Crippen LogP contribution in [0.15, 0.2) is 315 Å². The molecule has 0 spiro atoms. The van der Waals surface area contributed by atoms with Crippen molar-refractivity contribution >= 4 is 112 Å². The summed E-state index contributed by atoms with van der Waals surface area (Å²) in [4.78, 5) is 9.53. The predicted octanol–water partition coefficient (Wildman–Crippen LogP) is 21.4. The van der Waals surface area contributed by atoms with Crippen LogP contribution in [0.3, 0.4) is 0 Å². The lowest BCUT2D eigenvalue weighted by atomic mass is 9.85. The molecule has 0 aliphatic heterocycles. The van der Waals surface area contributed by atoms with Crippen molar-refractivity contribution in [3.63, 3.8) is 0 Å². The summed E-state index contributed by atoms with van der Waals surface area (Å²) < 4.78 is 5.38. The quantitative estimate of drug-likeness (QED) is 0.108. The molecule has 0 saturated heterocycles. The molecular weight excluding hydrogens is 997 g/mol. The molecule has 82 heavy (non-hydrogen) atoms. The zero-order valence-electron chi connectivity index (χ0n) is 45.3. The van der Waals surface area contributed by atoms with Gasteiger partial charge in [0.15, 0.2) is 0 Å². The van der Waals surface area contributed by atoms with Crippen LogP contribution in [0, 0.1) is 0 Å². The maximum atomic E-state index is 2.69. The third kappa shape index (κ3) is 8.60. The molecule has 0 radical (unpaired) electrons. The molecule has 12 aromatic carbocycles. The van der Waals surface area contributed by atoms with Crippen molar-refractivity contribution in [2.45, 2.75) is 24.9 Å². The fourth-order valence-electron chi connectivity index (χ4n) is 12.8. The van der Waals surface area contributed by atoms with E-state index in [1.807, 2.05) is 0 Å². The van der Waals surface area contributed by atoms with Gasteiger partial charge in [0.1, 0.15) is 0 Å². The monoisotopic (exact) mass is 1050 g/mol. The van der Waals surface area contributed by atoms with Gasteiger partial charge in [-0.25, -0.2) is 0 Å². The normalized spacial score (nSPS) is 14.0. The Morgan fingerprint density at radius 3 is 0.524 bits per heavy atom. The summed E-state index contributed by atoms with van der Waals surface area (Å²) in [7, 11) is 0. The third-order valence-corrected chi connectivity index (χ3v) is 16.6. The molecule has 1 aliphatic rings. The van der Waals surface area contributed by atoms with Crippen LogP contribution >= 0.6 is 0 Å². The smallest absolute Gasteiger partial charge is 0.0551 e. The zero-order valence-corrected chi connectivity index (χ0v) is 45.3. The lowest BCUT2D eigenvalue weighted by Gasteiger charge is -2.41. The average Bonchev–Trinajstić information content (AvgIpc) is 2.56. The zero-order chi connectivity index (χ0) is 54.3. The van der Waals surface area contributed by atoms with E-state index in [-0.39, 0.29) is 12.1 Å². The standard InChI is InChI=1S/C76H58N6/c1-9-25-55(26-10-1)77(56-27-11-2-12-28-56)63-41-45-71-67(51-63)68-52-64(78(57-29-13-3-14-30-57)58-31-15-4-16-32-58)42-46-72(68)81(71)75-49-50-76(75)82-73-47-43-65(79(59-33-17-5-18-34-59)60-35-19-6-20-36-60)53-69(73)70-54-66(44-48-74(70)82)80(61-37-21-7-22-38-61)62-39-23-8-24-40-62/h1-48,51-54,75-76H,49-50H2.